The highest BCUT2D eigenvalue weighted by molar-refractivity contribution is 6.05. The lowest BCUT2D eigenvalue weighted by Crippen LogP contribution is -2.45. The summed E-state index contributed by atoms with van der Waals surface area (Å²) in [6.07, 6.45) is 7.89. The predicted octanol–water partition coefficient (Wildman–Crippen LogP) is 2.98. The number of likely N-dealkylation sites (tertiary alicyclic amines) is 1. The van der Waals surface area contributed by atoms with Crippen molar-refractivity contribution in [1.82, 2.24) is 9.80 Å². The van der Waals surface area contributed by atoms with Crippen LogP contribution in [0, 0.1) is 5.41 Å². The highest BCUT2D eigenvalue weighted by Gasteiger charge is 2.38. The Bertz CT molecular complexity index is 533. The van der Waals surface area contributed by atoms with Gasteiger partial charge >= 0.3 is 6.09 Å². The second kappa shape index (κ2) is 6.38. The molecule has 1 amide bonds. The van der Waals surface area contributed by atoms with Gasteiger partial charge in [0.25, 0.3) is 0 Å². The summed E-state index contributed by atoms with van der Waals surface area (Å²) in [4.78, 5) is 27.9. The van der Waals surface area contributed by atoms with Gasteiger partial charge in [0.05, 0.1) is 0 Å². The minimum Gasteiger partial charge on any atom is -0.444 e. The van der Waals surface area contributed by atoms with Gasteiger partial charge in [-0.2, -0.15) is 0 Å². The zero-order valence-electron chi connectivity index (χ0n) is 14.9. The Labute approximate surface area is 139 Å². The standard InChI is InChI=1S/C18H28N2O3/c1-17(2,3)23-16(22)20-10-8-18(9-11-20)7-6-15(21)14(12-18)13-19(4)5/h6-7,13H,8-12H2,1-5H3/b14-13+. The first kappa shape index (κ1) is 17.6. The van der Waals surface area contributed by atoms with Crippen LogP contribution in [-0.4, -0.2) is 54.5 Å². The maximum Gasteiger partial charge on any atom is 0.410 e. The summed E-state index contributed by atoms with van der Waals surface area (Å²) in [5, 5.41) is 0. The maximum atomic E-state index is 12.2. The summed E-state index contributed by atoms with van der Waals surface area (Å²) in [6, 6.07) is 0. The van der Waals surface area contributed by atoms with E-state index in [1.165, 1.54) is 0 Å². The van der Waals surface area contributed by atoms with Crippen molar-refractivity contribution in [2.24, 2.45) is 5.41 Å². The van der Waals surface area contributed by atoms with Crippen LogP contribution in [0.25, 0.3) is 0 Å². The van der Waals surface area contributed by atoms with E-state index in [1.807, 2.05) is 46.0 Å². The molecule has 0 aromatic heterocycles. The first-order valence-electron chi connectivity index (χ1n) is 8.19. The highest BCUT2D eigenvalue weighted by atomic mass is 16.6. The van der Waals surface area contributed by atoms with Gasteiger partial charge in [-0.15, -0.1) is 0 Å². The highest BCUT2D eigenvalue weighted by Crippen LogP contribution is 2.42. The third-order valence-corrected chi connectivity index (χ3v) is 4.27. The molecule has 0 bridgehead atoms. The van der Waals surface area contributed by atoms with Gasteiger partial charge in [-0.05, 0) is 51.5 Å². The Hall–Kier alpha value is -1.78. The number of carbonyl (C=O) groups is 2. The molecule has 1 spiro atoms. The number of hydrogen-bond donors (Lipinski definition) is 0. The molecule has 1 aliphatic heterocycles. The molecule has 0 saturated carbocycles. The maximum absolute atomic E-state index is 12.2. The topological polar surface area (TPSA) is 49.9 Å². The molecule has 2 rings (SSSR count). The van der Waals surface area contributed by atoms with Crippen molar-refractivity contribution in [2.45, 2.75) is 45.6 Å². The molecule has 1 aliphatic carbocycles. The quantitative estimate of drug-likeness (QED) is 0.697. The number of allylic oxidation sites excluding steroid dienone is 3. The van der Waals surface area contributed by atoms with Crippen molar-refractivity contribution in [3.63, 3.8) is 0 Å². The SMILES string of the molecule is CN(C)/C=C1\CC2(C=CC1=O)CCN(C(=O)OC(C)(C)C)CC2. The van der Waals surface area contributed by atoms with Gasteiger partial charge in [0.2, 0.25) is 0 Å². The molecule has 1 saturated heterocycles. The average Bonchev–Trinajstić information content (AvgIpc) is 2.41. The zero-order chi connectivity index (χ0) is 17.3. The number of amides is 1. The Morgan fingerprint density at radius 3 is 2.43 bits per heavy atom. The summed E-state index contributed by atoms with van der Waals surface area (Å²) >= 11 is 0. The van der Waals surface area contributed by atoms with Crippen molar-refractivity contribution in [2.75, 3.05) is 27.2 Å². The van der Waals surface area contributed by atoms with Gasteiger partial charge in [0.1, 0.15) is 5.60 Å². The largest absolute Gasteiger partial charge is 0.444 e. The minimum absolute atomic E-state index is 0.00569. The normalized spacial score (nSPS) is 22.6. The molecule has 1 heterocycles. The number of carbonyl (C=O) groups excluding carboxylic acids is 2. The summed E-state index contributed by atoms with van der Waals surface area (Å²) in [5.41, 5.74) is 0.377. The van der Waals surface area contributed by atoms with Crippen LogP contribution in [0.4, 0.5) is 4.79 Å². The Kier molecular flexibility index (Phi) is 4.87. The number of rotatable bonds is 1. The molecule has 2 aliphatic rings. The fourth-order valence-corrected chi connectivity index (χ4v) is 3.11. The van der Waals surface area contributed by atoms with Gasteiger partial charge in [0.15, 0.2) is 5.78 Å². The van der Waals surface area contributed by atoms with E-state index in [0.717, 1.165) is 24.8 Å². The van der Waals surface area contributed by atoms with E-state index in [0.29, 0.717) is 13.1 Å². The van der Waals surface area contributed by atoms with E-state index in [1.54, 1.807) is 11.0 Å². The molecule has 0 aromatic rings. The molecule has 0 atom stereocenters. The molecular formula is C18H28N2O3. The number of ketones is 1. The molecule has 0 unspecified atom stereocenters. The molecule has 23 heavy (non-hydrogen) atoms. The fraction of sp³-hybridized carbons (Fsp3) is 0.667. The molecule has 0 radical (unpaired) electrons. The lowest BCUT2D eigenvalue weighted by atomic mass is 9.70. The van der Waals surface area contributed by atoms with Gasteiger partial charge in [0, 0.05) is 39.0 Å². The van der Waals surface area contributed by atoms with Gasteiger partial charge in [-0.1, -0.05) is 6.08 Å². The molecule has 5 nitrogen and oxygen atoms in total. The van der Waals surface area contributed by atoms with Crippen LogP contribution in [0.5, 0.6) is 0 Å². The van der Waals surface area contributed by atoms with Gasteiger partial charge in [-0.3, -0.25) is 4.79 Å². The Morgan fingerprint density at radius 1 is 1.30 bits per heavy atom. The minimum atomic E-state index is -0.467. The van der Waals surface area contributed by atoms with Crippen LogP contribution in [0.2, 0.25) is 0 Å². The molecule has 5 heteroatoms. The predicted molar refractivity (Wildman–Crippen MR) is 90.0 cm³/mol. The summed E-state index contributed by atoms with van der Waals surface area (Å²) < 4.78 is 5.44. The van der Waals surface area contributed by atoms with E-state index >= 15 is 0 Å². The number of piperidine rings is 1. The zero-order valence-corrected chi connectivity index (χ0v) is 14.9. The third kappa shape index (κ3) is 4.60. The lowest BCUT2D eigenvalue weighted by molar-refractivity contribution is -0.112. The number of ether oxygens (including phenoxy) is 1. The summed E-state index contributed by atoms with van der Waals surface area (Å²) in [6.45, 7) is 6.98. The number of hydrogen-bond acceptors (Lipinski definition) is 4. The van der Waals surface area contributed by atoms with E-state index in [4.69, 9.17) is 4.74 Å². The van der Waals surface area contributed by atoms with Crippen LogP contribution in [0.15, 0.2) is 23.9 Å². The van der Waals surface area contributed by atoms with Crippen molar-refractivity contribution < 1.29 is 14.3 Å². The Balaban J connectivity index is 2.02. The summed E-state index contributed by atoms with van der Waals surface area (Å²) in [7, 11) is 3.85. The molecule has 0 aromatic carbocycles. The van der Waals surface area contributed by atoms with Crippen LogP contribution < -0.4 is 0 Å². The molecule has 1 fully saturated rings. The van der Waals surface area contributed by atoms with Gasteiger partial charge < -0.3 is 14.5 Å². The molecule has 0 N–H and O–H groups in total. The van der Waals surface area contributed by atoms with Crippen molar-refractivity contribution >= 4 is 11.9 Å². The van der Waals surface area contributed by atoms with E-state index in [-0.39, 0.29) is 17.3 Å². The van der Waals surface area contributed by atoms with E-state index < -0.39 is 5.60 Å². The smallest absolute Gasteiger partial charge is 0.410 e. The second-order valence-corrected chi connectivity index (χ2v) is 7.82. The third-order valence-electron chi connectivity index (χ3n) is 4.27. The average molecular weight is 320 g/mol. The summed E-state index contributed by atoms with van der Waals surface area (Å²) in [5.74, 6) is 0.0962. The van der Waals surface area contributed by atoms with Crippen LogP contribution in [-0.2, 0) is 9.53 Å². The van der Waals surface area contributed by atoms with E-state index in [2.05, 4.69) is 6.08 Å². The van der Waals surface area contributed by atoms with Crippen LogP contribution >= 0.6 is 0 Å². The lowest BCUT2D eigenvalue weighted by Gasteiger charge is -2.42. The molecular weight excluding hydrogens is 292 g/mol. The van der Waals surface area contributed by atoms with Crippen molar-refractivity contribution in [1.29, 1.82) is 0 Å². The fourth-order valence-electron chi connectivity index (χ4n) is 3.11. The Morgan fingerprint density at radius 2 is 1.91 bits per heavy atom. The van der Waals surface area contributed by atoms with E-state index in [9.17, 15) is 9.59 Å². The molecule has 128 valence electrons. The first-order valence-corrected chi connectivity index (χ1v) is 8.19. The first-order chi connectivity index (χ1) is 10.6. The van der Waals surface area contributed by atoms with Crippen LogP contribution in [0.1, 0.15) is 40.0 Å². The second-order valence-electron chi connectivity index (χ2n) is 7.82. The van der Waals surface area contributed by atoms with Crippen molar-refractivity contribution in [3.05, 3.63) is 23.9 Å². The number of nitrogens with zero attached hydrogens (tertiary/aromatic N) is 2. The van der Waals surface area contributed by atoms with Gasteiger partial charge in [-0.25, -0.2) is 4.79 Å². The van der Waals surface area contributed by atoms with Crippen molar-refractivity contribution in [3.8, 4) is 0 Å². The monoisotopic (exact) mass is 320 g/mol. The van der Waals surface area contributed by atoms with Crippen LogP contribution in [0.3, 0.4) is 0 Å².